The first-order chi connectivity index (χ1) is 7.58. The van der Waals surface area contributed by atoms with Crippen molar-refractivity contribution in [3.05, 3.63) is 28.2 Å². The summed E-state index contributed by atoms with van der Waals surface area (Å²) >= 11 is 6.65. The molecule has 0 aliphatic heterocycles. The van der Waals surface area contributed by atoms with Gasteiger partial charge < -0.3 is 10.1 Å². The quantitative estimate of drug-likeness (QED) is 0.848. The molecule has 0 saturated carbocycles. The Morgan fingerprint density at radius 3 is 2.75 bits per heavy atom. The second-order valence-corrected chi connectivity index (χ2v) is 4.88. The number of hydrogen-bond acceptors (Lipinski definition) is 2. The lowest BCUT2D eigenvalue weighted by atomic mass is 10.2. The van der Waals surface area contributed by atoms with E-state index in [1.165, 1.54) is 0 Å². The van der Waals surface area contributed by atoms with E-state index in [1.807, 2.05) is 6.92 Å². The SMILES string of the molecule is COc1ccc(C(=O)NC(C)CBr)cc1Br. The van der Waals surface area contributed by atoms with Gasteiger partial charge in [0.15, 0.2) is 0 Å². The van der Waals surface area contributed by atoms with Crippen molar-refractivity contribution in [2.75, 3.05) is 12.4 Å². The van der Waals surface area contributed by atoms with Gasteiger partial charge in [0.05, 0.1) is 11.6 Å². The van der Waals surface area contributed by atoms with Crippen LogP contribution in [0.2, 0.25) is 0 Å². The fourth-order valence-corrected chi connectivity index (χ4v) is 1.86. The zero-order valence-electron chi connectivity index (χ0n) is 9.09. The van der Waals surface area contributed by atoms with Gasteiger partial charge in [-0.05, 0) is 41.1 Å². The van der Waals surface area contributed by atoms with Gasteiger partial charge in [0.2, 0.25) is 0 Å². The average molecular weight is 351 g/mol. The Labute approximate surface area is 112 Å². The Morgan fingerprint density at radius 2 is 2.25 bits per heavy atom. The van der Waals surface area contributed by atoms with E-state index in [9.17, 15) is 4.79 Å². The number of halogens is 2. The van der Waals surface area contributed by atoms with Gasteiger partial charge in [-0.15, -0.1) is 0 Å². The smallest absolute Gasteiger partial charge is 0.251 e. The van der Waals surface area contributed by atoms with Gasteiger partial charge in [-0.2, -0.15) is 0 Å². The van der Waals surface area contributed by atoms with Gasteiger partial charge in [0, 0.05) is 16.9 Å². The number of ether oxygens (including phenoxy) is 1. The average Bonchev–Trinajstić information content (AvgIpc) is 2.28. The number of carbonyl (C=O) groups excluding carboxylic acids is 1. The van der Waals surface area contributed by atoms with Crippen LogP contribution in [0.5, 0.6) is 5.75 Å². The molecule has 16 heavy (non-hydrogen) atoms. The molecule has 5 heteroatoms. The van der Waals surface area contributed by atoms with Crippen molar-refractivity contribution in [2.45, 2.75) is 13.0 Å². The molecule has 0 radical (unpaired) electrons. The van der Waals surface area contributed by atoms with Crippen LogP contribution in [-0.2, 0) is 0 Å². The molecular formula is C11H13Br2NO2. The molecule has 0 fully saturated rings. The molecule has 1 amide bonds. The Kier molecular flexibility index (Phi) is 5.28. The highest BCUT2D eigenvalue weighted by atomic mass is 79.9. The van der Waals surface area contributed by atoms with Crippen LogP contribution < -0.4 is 10.1 Å². The Bertz CT molecular complexity index is 382. The van der Waals surface area contributed by atoms with Crippen molar-refractivity contribution in [1.29, 1.82) is 0 Å². The lowest BCUT2D eigenvalue weighted by Crippen LogP contribution is -2.33. The Hall–Kier alpha value is -0.550. The number of amides is 1. The van der Waals surface area contributed by atoms with E-state index < -0.39 is 0 Å². The Morgan fingerprint density at radius 1 is 1.56 bits per heavy atom. The molecule has 1 rings (SSSR count). The third-order valence-corrected chi connectivity index (χ3v) is 3.61. The molecular weight excluding hydrogens is 338 g/mol. The minimum absolute atomic E-state index is 0.0877. The Balaban J connectivity index is 2.81. The summed E-state index contributed by atoms with van der Waals surface area (Å²) in [6.45, 7) is 1.94. The maximum absolute atomic E-state index is 11.8. The molecule has 1 atom stereocenters. The molecule has 0 aliphatic carbocycles. The summed E-state index contributed by atoms with van der Waals surface area (Å²) in [5, 5.41) is 3.60. The van der Waals surface area contributed by atoms with Crippen LogP contribution in [0.15, 0.2) is 22.7 Å². The molecule has 88 valence electrons. The predicted octanol–water partition coefficient (Wildman–Crippen LogP) is 2.97. The van der Waals surface area contributed by atoms with Crippen LogP contribution in [0.1, 0.15) is 17.3 Å². The topological polar surface area (TPSA) is 38.3 Å². The highest BCUT2D eigenvalue weighted by Crippen LogP contribution is 2.25. The van der Waals surface area contributed by atoms with E-state index in [0.717, 1.165) is 9.80 Å². The monoisotopic (exact) mass is 349 g/mol. The van der Waals surface area contributed by atoms with Crippen LogP contribution in [0, 0.1) is 0 Å². The normalized spacial score (nSPS) is 12.0. The van der Waals surface area contributed by atoms with Crippen LogP contribution in [0.4, 0.5) is 0 Å². The molecule has 0 aliphatic rings. The molecule has 1 aromatic carbocycles. The molecule has 0 aromatic heterocycles. The molecule has 0 heterocycles. The van der Waals surface area contributed by atoms with E-state index in [1.54, 1.807) is 25.3 Å². The number of hydrogen-bond donors (Lipinski definition) is 1. The molecule has 1 aromatic rings. The van der Waals surface area contributed by atoms with Crippen LogP contribution in [-0.4, -0.2) is 24.4 Å². The van der Waals surface area contributed by atoms with Gasteiger partial charge in [-0.25, -0.2) is 0 Å². The molecule has 0 saturated heterocycles. The van der Waals surface area contributed by atoms with Crippen LogP contribution in [0.3, 0.4) is 0 Å². The van der Waals surface area contributed by atoms with Gasteiger partial charge in [0.25, 0.3) is 5.91 Å². The number of alkyl halides is 1. The van der Waals surface area contributed by atoms with Crippen LogP contribution in [0.25, 0.3) is 0 Å². The van der Waals surface area contributed by atoms with E-state index in [4.69, 9.17) is 4.74 Å². The molecule has 0 bridgehead atoms. The number of methoxy groups -OCH3 is 1. The van der Waals surface area contributed by atoms with Gasteiger partial charge >= 0.3 is 0 Å². The maximum atomic E-state index is 11.8. The summed E-state index contributed by atoms with van der Waals surface area (Å²) in [5.74, 6) is 0.625. The first-order valence-corrected chi connectivity index (χ1v) is 6.70. The summed E-state index contributed by atoms with van der Waals surface area (Å²) < 4.78 is 5.87. The molecule has 3 nitrogen and oxygen atoms in total. The molecule has 1 N–H and O–H groups in total. The fraction of sp³-hybridized carbons (Fsp3) is 0.364. The van der Waals surface area contributed by atoms with Crippen molar-refractivity contribution < 1.29 is 9.53 Å². The van der Waals surface area contributed by atoms with E-state index in [0.29, 0.717) is 11.3 Å². The summed E-state index contributed by atoms with van der Waals surface area (Å²) in [6.07, 6.45) is 0. The lowest BCUT2D eigenvalue weighted by molar-refractivity contribution is 0.0944. The second-order valence-electron chi connectivity index (χ2n) is 3.38. The minimum atomic E-state index is -0.0877. The van der Waals surface area contributed by atoms with Crippen molar-refractivity contribution in [3.8, 4) is 5.75 Å². The third-order valence-electron chi connectivity index (χ3n) is 2.02. The maximum Gasteiger partial charge on any atom is 0.251 e. The summed E-state index contributed by atoms with van der Waals surface area (Å²) in [5.41, 5.74) is 0.612. The lowest BCUT2D eigenvalue weighted by Gasteiger charge is -2.11. The van der Waals surface area contributed by atoms with Gasteiger partial charge in [0.1, 0.15) is 5.75 Å². The zero-order valence-corrected chi connectivity index (χ0v) is 12.3. The van der Waals surface area contributed by atoms with Crippen LogP contribution >= 0.6 is 31.9 Å². The van der Waals surface area contributed by atoms with Gasteiger partial charge in [-0.1, -0.05) is 15.9 Å². The first-order valence-electron chi connectivity index (χ1n) is 4.79. The van der Waals surface area contributed by atoms with Crippen molar-refractivity contribution in [3.63, 3.8) is 0 Å². The first kappa shape index (κ1) is 13.5. The number of nitrogens with one attached hydrogen (secondary N) is 1. The largest absolute Gasteiger partial charge is 0.496 e. The molecule has 0 spiro atoms. The van der Waals surface area contributed by atoms with E-state index in [-0.39, 0.29) is 11.9 Å². The van der Waals surface area contributed by atoms with Gasteiger partial charge in [-0.3, -0.25) is 4.79 Å². The summed E-state index contributed by atoms with van der Waals surface area (Å²) in [4.78, 5) is 11.8. The fourth-order valence-electron chi connectivity index (χ4n) is 1.15. The van der Waals surface area contributed by atoms with E-state index >= 15 is 0 Å². The predicted molar refractivity (Wildman–Crippen MR) is 71.4 cm³/mol. The zero-order chi connectivity index (χ0) is 12.1. The number of carbonyl (C=O) groups is 1. The number of benzene rings is 1. The van der Waals surface area contributed by atoms with Crippen molar-refractivity contribution >= 4 is 37.8 Å². The summed E-state index contributed by atoms with van der Waals surface area (Å²) in [7, 11) is 1.59. The highest BCUT2D eigenvalue weighted by Gasteiger charge is 2.10. The van der Waals surface area contributed by atoms with E-state index in [2.05, 4.69) is 37.2 Å². The molecule has 1 unspecified atom stereocenters. The number of rotatable bonds is 4. The summed E-state index contributed by atoms with van der Waals surface area (Å²) in [6, 6.07) is 5.35. The minimum Gasteiger partial charge on any atom is -0.496 e. The second kappa shape index (κ2) is 6.25. The standard InChI is InChI=1S/C11H13Br2NO2/c1-7(6-12)14-11(15)8-3-4-10(16-2)9(13)5-8/h3-5,7H,6H2,1-2H3,(H,14,15). The highest BCUT2D eigenvalue weighted by molar-refractivity contribution is 9.10. The van der Waals surface area contributed by atoms with Crippen molar-refractivity contribution in [2.24, 2.45) is 0 Å². The van der Waals surface area contributed by atoms with Crippen molar-refractivity contribution in [1.82, 2.24) is 5.32 Å². The third kappa shape index (κ3) is 3.49.